The van der Waals surface area contributed by atoms with Gasteiger partial charge in [-0.15, -0.1) is 24.8 Å². The summed E-state index contributed by atoms with van der Waals surface area (Å²) in [6.45, 7) is 5.51. The van der Waals surface area contributed by atoms with Crippen molar-refractivity contribution in [1.82, 2.24) is 10.2 Å². The fourth-order valence-corrected chi connectivity index (χ4v) is 3.47. The number of fused-ring (bicyclic) bond motifs is 2. The van der Waals surface area contributed by atoms with E-state index in [-0.39, 0.29) is 24.8 Å². The zero-order chi connectivity index (χ0) is 10.1. The van der Waals surface area contributed by atoms with E-state index in [4.69, 9.17) is 4.74 Å². The molecule has 3 saturated heterocycles. The van der Waals surface area contributed by atoms with Gasteiger partial charge in [-0.3, -0.25) is 4.90 Å². The topological polar surface area (TPSA) is 24.5 Å². The lowest BCUT2D eigenvalue weighted by Crippen LogP contribution is -2.45. The first kappa shape index (κ1) is 15.5. The van der Waals surface area contributed by atoms with E-state index in [1.807, 2.05) is 0 Å². The molecule has 0 saturated carbocycles. The summed E-state index contributed by atoms with van der Waals surface area (Å²) in [7, 11) is 0. The van der Waals surface area contributed by atoms with E-state index in [0.717, 1.165) is 44.3 Å². The zero-order valence-corrected chi connectivity index (χ0v) is 11.9. The molecule has 3 rings (SSSR count). The Bertz CT molecular complexity index is 213. The van der Waals surface area contributed by atoms with Crippen LogP contribution in [0, 0.1) is 5.92 Å². The third-order valence-corrected chi connectivity index (χ3v) is 4.19. The fraction of sp³-hybridized carbons (Fsp3) is 1.00. The van der Waals surface area contributed by atoms with Crippen molar-refractivity contribution >= 4 is 24.8 Å². The Morgan fingerprint density at radius 1 is 1.00 bits per heavy atom. The van der Waals surface area contributed by atoms with Gasteiger partial charge < -0.3 is 10.1 Å². The van der Waals surface area contributed by atoms with Crippen LogP contribution in [0.2, 0.25) is 0 Å². The smallest absolute Gasteiger partial charge is 0.0594 e. The molecule has 3 atom stereocenters. The maximum Gasteiger partial charge on any atom is 0.0594 e. The Hall–Kier alpha value is 0.460. The van der Waals surface area contributed by atoms with Gasteiger partial charge in [-0.1, -0.05) is 0 Å². The van der Waals surface area contributed by atoms with Crippen LogP contribution in [0.3, 0.4) is 0 Å². The van der Waals surface area contributed by atoms with Gasteiger partial charge in [0.1, 0.15) is 0 Å². The molecule has 3 nitrogen and oxygen atoms in total. The van der Waals surface area contributed by atoms with E-state index in [0.29, 0.717) is 0 Å². The molecule has 0 spiro atoms. The average molecular weight is 283 g/mol. The molecule has 0 aliphatic carbocycles. The van der Waals surface area contributed by atoms with Crippen molar-refractivity contribution in [2.45, 2.75) is 37.8 Å². The summed E-state index contributed by atoms with van der Waals surface area (Å²) in [5, 5.41) is 3.71. The number of piperidine rings is 1. The van der Waals surface area contributed by atoms with Gasteiger partial charge in [-0.25, -0.2) is 0 Å². The van der Waals surface area contributed by atoms with Crippen LogP contribution in [-0.2, 0) is 4.74 Å². The van der Waals surface area contributed by atoms with Gasteiger partial charge in [0.2, 0.25) is 0 Å². The SMILES string of the molecule is C1CN(C[C@H]2C[C@H]3CC[C@@H](C2)N3)CCO1.Cl.Cl. The third kappa shape index (κ3) is 3.97. The number of nitrogens with zero attached hydrogens (tertiary/aromatic N) is 1. The second-order valence-corrected chi connectivity index (χ2v) is 5.39. The molecule has 5 heteroatoms. The molecule has 0 amide bonds. The van der Waals surface area contributed by atoms with Gasteiger partial charge in [0.15, 0.2) is 0 Å². The standard InChI is InChI=1S/C12H22N2O.2ClH/c1-2-12-8-10(7-11(1)13-12)9-14-3-5-15-6-4-14;;/h10-13H,1-9H2;2*1H/t10-,11+,12-;;. The normalized spacial score (nSPS) is 37.1. The van der Waals surface area contributed by atoms with Gasteiger partial charge in [-0.2, -0.15) is 0 Å². The molecule has 1 N–H and O–H groups in total. The molecule has 0 aromatic carbocycles. The van der Waals surface area contributed by atoms with E-state index in [1.165, 1.54) is 32.2 Å². The predicted octanol–water partition coefficient (Wildman–Crippen LogP) is 1.69. The van der Waals surface area contributed by atoms with Crippen molar-refractivity contribution in [3.8, 4) is 0 Å². The highest BCUT2D eigenvalue weighted by atomic mass is 35.5. The molecule has 3 aliphatic rings. The first-order valence-electron chi connectivity index (χ1n) is 6.46. The highest BCUT2D eigenvalue weighted by Crippen LogP contribution is 2.31. The van der Waals surface area contributed by atoms with Crippen molar-refractivity contribution in [1.29, 1.82) is 0 Å². The van der Waals surface area contributed by atoms with Crippen molar-refractivity contribution in [2.24, 2.45) is 5.92 Å². The molecule has 3 heterocycles. The monoisotopic (exact) mass is 282 g/mol. The minimum absolute atomic E-state index is 0. The Balaban J connectivity index is 0.000000722. The van der Waals surface area contributed by atoms with Crippen molar-refractivity contribution < 1.29 is 4.74 Å². The second-order valence-electron chi connectivity index (χ2n) is 5.39. The highest BCUT2D eigenvalue weighted by molar-refractivity contribution is 5.85. The molecule has 102 valence electrons. The molecular weight excluding hydrogens is 259 g/mol. The summed E-state index contributed by atoms with van der Waals surface area (Å²) in [5.41, 5.74) is 0. The minimum Gasteiger partial charge on any atom is -0.379 e. The van der Waals surface area contributed by atoms with E-state index in [9.17, 15) is 0 Å². The molecule has 2 bridgehead atoms. The summed E-state index contributed by atoms with van der Waals surface area (Å²) in [6.07, 6.45) is 5.66. The van der Waals surface area contributed by atoms with Crippen LogP contribution >= 0.6 is 24.8 Å². The molecule has 0 unspecified atom stereocenters. The maximum absolute atomic E-state index is 5.39. The van der Waals surface area contributed by atoms with Crippen LogP contribution in [0.15, 0.2) is 0 Å². The Morgan fingerprint density at radius 2 is 1.59 bits per heavy atom. The van der Waals surface area contributed by atoms with Crippen molar-refractivity contribution in [3.05, 3.63) is 0 Å². The molecule has 3 fully saturated rings. The Labute approximate surface area is 116 Å². The summed E-state index contributed by atoms with van der Waals surface area (Å²) >= 11 is 0. The summed E-state index contributed by atoms with van der Waals surface area (Å²) in [6, 6.07) is 1.68. The Kier molecular flexibility index (Phi) is 6.52. The lowest BCUT2D eigenvalue weighted by atomic mass is 9.92. The van der Waals surface area contributed by atoms with E-state index in [1.54, 1.807) is 0 Å². The molecular formula is C12H24Cl2N2O. The lowest BCUT2D eigenvalue weighted by molar-refractivity contribution is 0.0267. The van der Waals surface area contributed by atoms with Gasteiger partial charge in [0.25, 0.3) is 0 Å². The summed E-state index contributed by atoms with van der Waals surface area (Å²) in [5.74, 6) is 0.946. The molecule has 17 heavy (non-hydrogen) atoms. The summed E-state index contributed by atoms with van der Waals surface area (Å²) < 4.78 is 5.39. The van der Waals surface area contributed by atoms with Crippen LogP contribution in [0.4, 0.5) is 0 Å². The molecule has 0 radical (unpaired) electrons. The second kappa shape index (κ2) is 7.15. The lowest BCUT2D eigenvalue weighted by Gasteiger charge is -2.35. The van der Waals surface area contributed by atoms with Gasteiger partial charge in [0.05, 0.1) is 13.2 Å². The number of hydrogen-bond donors (Lipinski definition) is 1. The number of rotatable bonds is 2. The third-order valence-electron chi connectivity index (χ3n) is 4.19. The van der Waals surface area contributed by atoms with Gasteiger partial charge in [-0.05, 0) is 31.6 Å². The number of ether oxygens (including phenoxy) is 1. The zero-order valence-electron chi connectivity index (χ0n) is 10.3. The van der Waals surface area contributed by atoms with E-state index in [2.05, 4.69) is 10.2 Å². The molecule has 0 aromatic heterocycles. The van der Waals surface area contributed by atoms with Gasteiger partial charge >= 0.3 is 0 Å². The first-order chi connectivity index (χ1) is 7.40. The van der Waals surface area contributed by atoms with Crippen molar-refractivity contribution in [3.63, 3.8) is 0 Å². The molecule has 3 aliphatic heterocycles. The largest absolute Gasteiger partial charge is 0.379 e. The van der Waals surface area contributed by atoms with Gasteiger partial charge in [0, 0.05) is 31.7 Å². The van der Waals surface area contributed by atoms with Crippen LogP contribution in [0.25, 0.3) is 0 Å². The van der Waals surface area contributed by atoms with Crippen LogP contribution in [0.1, 0.15) is 25.7 Å². The fourth-order valence-electron chi connectivity index (χ4n) is 3.47. The first-order valence-corrected chi connectivity index (χ1v) is 6.46. The number of morpholine rings is 1. The van der Waals surface area contributed by atoms with Crippen LogP contribution in [0.5, 0.6) is 0 Å². The van der Waals surface area contributed by atoms with Crippen molar-refractivity contribution in [2.75, 3.05) is 32.8 Å². The quantitative estimate of drug-likeness (QED) is 0.834. The Morgan fingerprint density at radius 3 is 2.18 bits per heavy atom. The predicted molar refractivity (Wildman–Crippen MR) is 74.4 cm³/mol. The number of hydrogen-bond acceptors (Lipinski definition) is 3. The van der Waals surface area contributed by atoms with Crippen LogP contribution < -0.4 is 5.32 Å². The highest BCUT2D eigenvalue weighted by Gasteiger charge is 2.34. The number of halogens is 2. The van der Waals surface area contributed by atoms with E-state index >= 15 is 0 Å². The number of nitrogens with one attached hydrogen (secondary N) is 1. The molecule has 0 aromatic rings. The minimum atomic E-state index is 0. The summed E-state index contributed by atoms with van der Waals surface area (Å²) in [4.78, 5) is 2.60. The van der Waals surface area contributed by atoms with E-state index < -0.39 is 0 Å². The average Bonchev–Trinajstić information content (AvgIpc) is 2.60. The maximum atomic E-state index is 5.39. The van der Waals surface area contributed by atoms with Crippen LogP contribution in [-0.4, -0.2) is 49.8 Å².